The molecule has 2 aliphatic rings. The van der Waals surface area contributed by atoms with Crippen LogP contribution in [-0.4, -0.2) is 29.6 Å². The third kappa shape index (κ3) is 4.19. The number of rotatable bonds is 5. The van der Waals surface area contributed by atoms with Gasteiger partial charge in [0.15, 0.2) is 0 Å². The first kappa shape index (κ1) is 16.3. The Hall–Kier alpha value is -0.120. The summed E-state index contributed by atoms with van der Waals surface area (Å²) in [5.41, 5.74) is 3.34. The van der Waals surface area contributed by atoms with Gasteiger partial charge in [-0.05, 0) is 52.1 Å². The molecule has 1 atom stereocenters. The lowest BCUT2D eigenvalue weighted by molar-refractivity contribution is 0.0696. The maximum Gasteiger partial charge on any atom is 0.0392 e. The molecule has 1 saturated carbocycles. The van der Waals surface area contributed by atoms with Gasteiger partial charge in [-0.2, -0.15) is 0 Å². The second-order valence-corrected chi connectivity index (χ2v) is 7.51. The molecule has 3 N–H and O–H groups in total. The summed E-state index contributed by atoms with van der Waals surface area (Å²) in [6.07, 6.45) is 13.9. The smallest absolute Gasteiger partial charge is 0.0392 e. The van der Waals surface area contributed by atoms with E-state index in [1.54, 1.807) is 0 Å². The van der Waals surface area contributed by atoms with Gasteiger partial charge in [-0.25, -0.2) is 0 Å². The first-order chi connectivity index (χ1) is 9.64. The van der Waals surface area contributed by atoms with E-state index in [1.165, 1.54) is 77.3 Å². The number of hydrogen-bond donors (Lipinski definition) is 2. The Morgan fingerprint density at radius 3 is 2.10 bits per heavy atom. The molecule has 0 spiro atoms. The molecular formula is C17H35N3. The molecule has 1 heterocycles. The fourth-order valence-electron chi connectivity index (χ4n) is 4.18. The molecule has 3 nitrogen and oxygen atoms in total. The third-order valence-electron chi connectivity index (χ3n) is 5.77. The van der Waals surface area contributed by atoms with Crippen LogP contribution in [0.2, 0.25) is 0 Å². The molecular weight excluding hydrogens is 246 g/mol. The zero-order valence-electron chi connectivity index (χ0n) is 13.7. The van der Waals surface area contributed by atoms with E-state index in [9.17, 15) is 0 Å². The maximum absolute atomic E-state index is 5.95. The Labute approximate surface area is 125 Å². The Balaban J connectivity index is 1.95. The molecule has 0 aromatic heterocycles. The number of hydrazine groups is 1. The van der Waals surface area contributed by atoms with Gasteiger partial charge in [0.1, 0.15) is 0 Å². The summed E-state index contributed by atoms with van der Waals surface area (Å²) in [5.74, 6) is 6.83. The van der Waals surface area contributed by atoms with Crippen molar-refractivity contribution in [2.24, 2.45) is 11.8 Å². The van der Waals surface area contributed by atoms with Gasteiger partial charge in [0.25, 0.3) is 0 Å². The number of nitrogens with two attached hydrogens (primary N) is 1. The fourth-order valence-corrected chi connectivity index (χ4v) is 4.18. The molecule has 1 aliphatic heterocycles. The van der Waals surface area contributed by atoms with E-state index in [-0.39, 0.29) is 5.54 Å². The number of nitrogens with one attached hydrogen (secondary N) is 1. The predicted octanol–water partition coefficient (Wildman–Crippen LogP) is 3.44. The van der Waals surface area contributed by atoms with Crippen molar-refractivity contribution >= 4 is 0 Å². The van der Waals surface area contributed by atoms with Crippen LogP contribution < -0.4 is 11.3 Å². The molecule has 20 heavy (non-hydrogen) atoms. The lowest BCUT2D eigenvalue weighted by atomic mass is 9.79. The van der Waals surface area contributed by atoms with Gasteiger partial charge in [-0.1, -0.05) is 44.9 Å². The van der Waals surface area contributed by atoms with Crippen LogP contribution in [0.25, 0.3) is 0 Å². The molecule has 118 valence electrons. The topological polar surface area (TPSA) is 41.3 Å². The number of hydrogen-bond acceptors (Lipinski definition) is 3. The Morgan fingerprint density at radius 1 is 1.00 bits per heavy atom. The van der Waals surface area contributed by atoms with Crippen molar-refractivity contribution < 1.29 is 0 Å². The normalized spacial score (nSPS) is 25.4. The van der Waals surface area contributed by atoms with Crippen LogP contribution in [0.15, 0.2) is 0 Å². The Morgan fingerprint density at radius 2 is 1.55 bits per heavy atom. The quantitative estimate of drug-likeness (QED) is 0.599. The van der Waals surface area contributed by atoms with E-state index in [0.717, 1.165) is 5.92 Å². The minimum absolute atomic E-state index is 0.177. The molecule has 2 rings (SSSR count). The van der Waals surface area contributed by atoms with E-state index < -0.39 is 0 Å². The van der Waals surface area contributed by atoms with Crippen LogP contribution in [0.1, 0.15) is 78.1 Å². The van der Waals surface area contributed by atoms with Crippen LogP contribution in [0.5, 0.6) is 0 Å². The summed E-state index contributed by atoms with van der Waals surface area (Å²) in [5, 5.41) is 0. The van der Waals surface area contributed by atoms with Gasteiger partial charge in [-0.3, -0.25) is 16.2 Å². The molecule has 0 bridgehead atoms. The minimum atomic E-state index is 0.177. The van der Waals surface area contributed by atoms with Crippen molar-refractivity contribution in [3.8, 4) is 0 Å². The van der Waals surface area contributed by atoms with Crippen molar-refractivity contribution in [2.75, 3.05) is 13.1 Å². The summed E-state index contributed by atoms with van der Waals surface area (Å²) in [6.45, 7) is 7.28. The second kappa shape index (κ2) is 7.77. The molecule has 1 saturated heterocycles. The summed E-state index contributed by atoms with van der Waals surface area (Å²) in [6, 6.07) is 0.420. The molecule has 3 heteroatoms. The molecule has 1 aliphatic carbocycles. The molecule has 0 aromatic carbocycles. The fraction of sp³-hybridized carbons (Fsp3) is 1.00. The molecule has 1 unspecified atom stereocenters. The SMILES string of the molecule is CC(C)(C(CC1CCCCC1)NN)N1CCCCCC1. The molecule has 2 fully saturated rings. The van der Waals surface area contributed by atoms with Gasteiger partial charge in [0, 0.05) is 11.6 Å². The zero-order chi connectivity index (χ0) is 14.4. The molecule has 0 radical (unpaired) electrons. The highest BCUT2D eigenvalue weighted by atomic mass is 15.3. The van der Waals surface area contributed by atoms with E-state index in [4.69, 9.17) is 5.84 Å². The highest BCUT2D eigenvalue weighted by Gasteiger charge is 2.36. The van der Waals surface area contributed by atoms with Crippen molar-refractivity contribution in [1.29, 1.82) is 0 Å². The summed E-state index contributed by atoms with van der Waals surface area (Å²) in [4.78, 5) is 2.69. The number of nitrogens with zero attached hydrogens (tertiary/aromatic N) is 1. The van der Waals surface area contributed by atoms with Gasteiger partial charge in [-0.15, -0.1) is 0 Å². The molecule has 0 amide bonds. The van der Waals surface area contributed by atoms with Crippen LogP contribution in [0.4, 0.5) is 0 Å². The van der Waals surface area contributed by atoms with Gasteiger partial charge < -0.3 is 0 Å². The first-order valence-electron chi connectivity index (χ1n) is 8.86. The largest absolute Gasteiger partial charge is 0.297 e. The third-order valence-corrected chi connectivity index (χ3v) is 5.77. The number of likely N-dealkylation sites (tertiary alicyclic amines) is 1. The van der Waals surface area contributed by atoms with E-state index >= 15 is 0 Å². The summed E-state index contributed by atoms with van der Waals surface area (Å²) >= 11 is 0. The highest BCUT2D eigenvalue weighted by molar-refractivity contribution is 4.94. The van der Waals surface area contributed by atoms with Crippen molar-refractivity contribution in [3.05, 3.63) is 0 Å². The van der Waals surface area contributed by atoms with Crippen LogP contribution >= 0.6 is 0 Å². The highest BCUT2D eigenvalue weighted by Crippen LogP contribution is 2.32. The zero-order valence-corrected chi connectivity index (χ0v) is 13.7. The van der Waals surface area contributed by atoms with Crippen LogP contribution in [0.3, 0.4) is 0 Å². The first-order valence-corrected chi connectivity index (χ1v) is 8.86. The van der Waals surface area contributed by atoms with Crippen molar-refractivity contribution in [1.82, 2.24) is 10.3 Å². The summed E-state index contributed by atoms with van der Waals surface area (Å²) < 4.78 is 0. The monoisotopic (exact) mass is 281 g/mol. The summed E-state index contributed by atoms with van der Waals surface area (Å²) in [7, 11) is 0. The van der Waals surface area contributed by atoms with Crippen molar-refractivity contribution in [2.45, 2.75) is 89.6 Å². The standard InChI is InChI=1S/C17H35N3/c1-17(2,20-12-8-3-4-9-13-20)16(19-18)14-15-10-6-5-7-11-15/h15-16,19H,3-14,18H2,1-2H3. The van der Waals surface area contributed by atoms with E-state index in [1.807, 2.05) is 0 Å². The average molecular weight is 281 g/mol. The van der Waals surface area contributed by atoms with Gasteiger partial charge in [0.2, 0.25) is 0 Å². The maximum atomic E-state index is 5.95. The van der Waals surface area contributed by atoms with Crippen LogP contribution in [0, 0.1) is 5.92 Å². The second-order valence-electron chi connectivity index (χ2n) is 7.51. The van der Waals surface area contributed by atoms with Crippen molar-refractivity contribution in [3.63, 3.8) is 0 Å². The Bertz CT molecular complexity index is 263. The molecule has 0 aromatic rings. The van der Waals surface area contributed by atoms with Gasteiger partial charge in [0.05, 0.1) is 0 Å². The van der Waals surface area contributed by atoms with Gasteiger partial charge >= 0.3 is 0 Å². The van der Waals surface area contributed by atoms with Crippen LogP contribution in [-0.2, 0) is 0 Å². The average Bonchev–Trinajstić information content (AvgIpc) is 2.75. The lowest BCUT2D eigenvalue weighted by Crippen LogP contribution is -2.60. The predicted molar refractivity (Wildman–Crippen MR) is 86.4 cm³/mol. The van der Waals surface area contributed by atoms with E-state index in [0.29, 0.717) is 6.04 Å². The van der Waals surface area contributed by atoms with E-state index in [2.05, 4.69) is 24.2 Å². The lowest BCUT2D eigenvalue weighted by Gasteiger charge is -2.45. The minimum Gasteiger partial charge on any atom is -0.297 e. The Kier molecular flexibility index (Phi) is 6.31.